The van der Waals surface area contributed by atoms with Gasteiger partial charge in [-0.2, -0.15) is 0 Å². The van der Waals surface area contributed by atoms with Gasteiger partial charge in [0.25, 0.3) is 5.56 Å². The van der Waals surface area contributed by atoms with Crippen molar-refractivity contribution in [2.75, 3.05) is 26.3 Å². The summed E-state index contributed by atoms with van der Waals surface area (Å²) >= 11 is 5.77. The molecule has 5 rings (SSSR count). The molecular formula is C20H19N5O2S. The zero-order valence-corrected chi connectivity index (χ0v) is 16.0. The predicted octanol–water partition coefficient (Wildman–Crippen LogP) is 2.46. The first-order chi connectivity index (χ1) is 13.7. The van der Waals surface area contributed by atoms with Gasteiger partial charge in [0, 0.05) is 13.1 Å². The van der Waals surface area contributed by atoms with Gasteiger partial charge < -0.3 is 4.74 Å². The van der Waals surface area contributed by atoms with Gasteiger partial charge in [-0.1, -0.05) is 30.3 Å². The van der Waals surface area contributed by atoms with Crippen LogP contribution in [0.15, 0.2) is 59.4 Å². The van der Waals surface area contributed by atoms with Gasteiger partial charge >= 0.3 is 0 Å². The topological polar surface area (TPSA) is 56.7 Å². The number of hydrogen-bond donors (Lipinski definition) is 0. The third-order valence-corrected chi connectivity index (χ3v) is 5.45. The molecule has 2 aromatic carbocycles. The molecule has 8 heteroatoms. The Morgan fingerprint density at radius 1 is 1.00 bits per heavy atom. The van der Waals surface area contributed by atoms with Crippen molar-refractivity contribution in [3.63, 3.8) is 0 Å². The van der Waals surface area contributed by atoms with Gasteiger partial charge in [0.1, 0.15) is 0 Å². The third kappa shape index (κ3) is 2.77. The van der Waals surface area contributed by atoms with E-state index in [9.17, 15) is 4.79 Å². The first-order valence-electron chi connectivity index (χ1n) is 9.23. The maximum atomic E-state index is 13.3. The quantitative estimate of drug-likeness (QED) is 0.501. The molecular weight excluding hydrogens is 374 g/mol. The van der Waals surface area contributed by atoms with Crippen LogP contribution < -0.4 is 5.56 Å². The van der Waals surface area contributed by atoms with Crippen LogP contribution >= 0.6 is 12.2 Å². The Balaban J connectivity index is 1.80. The Hall–Kier alpha value is -2.81. The van der Waals surface area contributed by atoms with E-state index in [-0.39, 0.29) is 5.56 Å². The summed E-state index contributed by atoms with van der Waals surface area (Å²) in [6.07, 6.45) is 0. The van der Waals surface area contributed by atoms with Crippen LogP contribution in [-0.4, -0.2) is 50.0 Å². The summed E-state index contributed by atoms with van der Waals surface area (Å²) < 4.78 is 11.3. The first kappa shape index (κ1) is 17.3. The molecule has 3 heterocycles. The fraction of sp³-hybridized carbons (Fsp3) is 0.250. The number of benzene rings is 2. The van der Waals surface area contributed by atoms with Crippen LogP contribution in [0.5, 0.6) is 0 Å². The largest absolute Gasteiger partial charge is 0.379 e. The van der Waals surface area contributed by atoms with Crippen LogP contribution in [0.2, 0.25) is 0 Å². The molecule has 0 amide bonds. The molecule has 1 fully saturated rings. The normalized spacial score (nSPS) is 15.4. The maximum Gasteiger partial charge on any atom is 0.267 e. The second-order valence-corrected chi connectivity index (χ2v) is 7.15. The minimum absolute atomic E-state index is 0.104. The number of aromatic nitrogens is 4. The van der Waals surface area contributed by atoms with E-state index in [1.54, 1.807) is 9.25 Å². The highest BCUT2D eigenvalue weighted by Crippen LogP contribution is 2.17. The van der Waals surface area contributed by atoms with Crippen LogP contribution in [-0.2, 0) is 11.4 Å². The molecule has 1 aliphatic heterocycles. The standard InChI is InChI=1S/C20H19N5O2S/c26-18-16-8-4-5-9-17(16)25-19(24(18)15-6-2-1-3-7-15)21-23(20(25)28)14-22-10-12-27-13-11-22/h1-9H,10-14H2. The van der Waals surface area contributed by atoms with Crippen molar-refractivity contribution in [1.29, 1.82) is 0 Å². The summed E-state index contributed by atoms with van der Waals surface area (Å²) in [4.78, 5) is 15.5. The number of morpholine rings is 1. The molecule has 0 spiro atoms. The van der Waals surface area contributed by atoms with Gasteiger partial charge in [-0.3, -0.25) is 14.1 Å². The summed E-state index contributed by atoms with van der Waals surface area (Å²) in [5.41, 5.74) is 1.43. The van der Waals surface area contributed by atoms with E-state index < -0.39 is 0 Å². The van der Waals surface area contributed by atoms with Gasteiger partial charge in [0.15, 0.2) is 0 Å². The number of ether oxygens (including phenoxy) is 1. The molecule has 0 bridgehead atoms. The van der Waals surface area contributed by atoms with E-state index in [1.165, 1.54) is 0 Å². The third-order valence-electron chi connectivity index (χ3n) is 5.05. The molecule has 28 heavy (non-hydrogen) atoms. The van der Waals surface area contributed by atoms with E-state index in [2.05, 4.69) is 4.90 Å². The zero-order chi connectivity index (χ0) is 19.1. The highest BCUT2D eigenvalue weighted by molar-refractivity contribution is 7.71. The summed E-state index contributed by atoms with van der Waals surface area (Å²) in [7, 11) is 0. The molecule has 142 valence electrons. The number of fused-ring (bicyclic) bond motifs is 3. The van der Waals surface area contributed by atoms with Crippen LogP contribution in [0.1, 0.15) is 0 Å². The maximum absolute atomic E-state index is 13.3. The molecule has 4 aromatic rings. The molecule has 2 aromatic heterocycles. The lowest BCUT2D eigenvalue weighted by molar-refractivity contribution is 0.0210. The molecule has 1 saturated heterocycles. The van der Waals surface area contributed by atoms with Crippen molar-refractivity contribution in [2.45, 2.75) is 6.67 Å². The van der Waals surface area contributed by atoms with E-state index in [0.29, 0.717) is 35.8 Å². The van der Waals surface area contributed by atoms with Gasteiger partial charge in [-0.05, 0) is 36.5 Å². The number of hydrogen-bond acceptors (Lipinski definition) is 5. The molecule has 0 saturated carbocycles. The zero-order valence-electron chi connectivity index (χ0n) is 15.2. The molecule has 0 unspecified atom stereocenters. The van der Waals surface area contributed by atoms with Gasteiger partial charge in [-0.25, -0.2) is 9.25 Å². The summed E-state index contributed by atoms with van der Waals surface area (Å²) in [6, 6.07) is 17.1. The van der Waals surface area contributed by atoms with Crippen LogP contribution in [0, 0.1) is 4.77 Å². The van der Waals surface area contributed by atoms with Crippen LogP contribution in [0.3, 0.4) is 0 Å². The lowest BCUT2D eigenvalue weighted by atomic mass is 10.2. The number of nitrogens with zero attached hydrogens (tertiary/aromatic N) is 5. The summed E-state index contributed by atoms with van der Waals surface area (Å²) in [6.45, 7) is 3.65. The lowest BCUT2D eigenvalue weighted by Crippen LogP contribution is -2.37. The highest BCUT2D eigenvalue weighted by atomic mass is 32.1. The van der Waals surface area contributed by atoms with E-state index in [1.807, 2.05) is 59.0 Å². The van der Waals surface area contributed by atoms with Gasteiger partial charge in [0.05, 0.1) is 36.5 Å². The monoisotopic (exact) mass is 393 g/mol. The number of para-hydroxylation sites is 2. The van der Waals surface area contributed by atoms with Crippen molar-refractivity contribution in [3.05, 3.63) is 69.7 Å². The van der Waals surface area contributed by atoms with Crippen molar-refractivity contribution >= 4 is 28.9 Å². The van der Waals surface area contributed by atoms with Gasteiger partial charge in [-0.15, -0.1) is 5.10 Å². The highest BCUT2D eigenvalue weighted by Gasteiger charge is 2.18. The Bertz CT molecular complexity index is 1270. The molecule has 0 atom stereocenters. The first-order valence-corrected chi connectivity index (χ1v) is 9.64. The molecule has 0 N–H and O–H groups in total. The van der Waals surface area contributed by atoms with E-state index in [4.69, 9.17) is 22.1 Å². The van der Waals surface area contributed by atoms with Crippen LogP contribution in [0.25, 0.3) is 22.4 Å². The molecule has 0 radical (unpaired) electrons. The second kappa shape index (κ2) is 6.97. The van der Waals surface area contributed by atoms with Crippen molar-refractivity contribution < 1.29 is 4.74 Å². The molecule has 0 aliphatic carbocycles. The smallest absolute Gasteiger partial charge is 0.267 e. The predicted molar refractivity (Wildman–Crippen MR) is 110 cm³/mol. The van der Waals surface area contributed by atoms with Crippen molar-refractivity contribution in [3.8, 4) is 5.69 Å². The summed E-state index contributed by atoms with van der Waals surface area (Å²) in [5.74, 6) is 0.521. The Morgan fingerprint density at radius 2 is 1.71 bits per heavy atom. The van der Waals surface area contributed by atoms with Gasteiger partial charge in [0.2, 0.25) is 10.5 Å². The van der Waals surface area contributed by atoms with E-state index >= 15 is 0 Å². The second-order valence-electron chi connectivity index (χ2n) is 6.78. The minimum Gasteiger partial charge on any atom is -0.379 e. The van der Waals surface area contributed by atoms with E-state index in [0.717, 1.165) is 24.3 Å². The SMILES string of the molecule is O=c1c2ccccc2n2c(=S)n(CN3CCOCC3)nc2n1-c1ccccc1. The van der Waals surface area contributed by atoms with Crippen LogP contribution in [0.4, 0.5) is 0 Å². The molecule has 7 nitrogen and oxygen atoms in total. The Kier molecular flexibility index (Phi) is 4.31. The Morgan fingerprint density at radius 3 is 2.50 bits per heavy atom. The average Bonchev–Trinajstić information content (AvgIpc) is 3.06. The van der Waals surface area contributed by atoms with Crippen molar-refractivity contribution in [1.82, 2.24) is 23.6 Å². The number of rotatable bonds is 3. The minimum atomic E-state index is -0.104. The lowest BCUT2D eigenvalue weighted by Gasteiger charge is -2.25. The molecule has 1 aliphatic rings. The summed E-state index contributed by atoms with van der Waals surface area (Å²) in [5, 5.41) is 5.36. The Labute approximate surface area is 166 Å². The fourth-order valence-corrected chi connectivity index (χ4v) is 3.93. The average molecular weight is 393 g/mol. The van der Waals surface area contributed by atoms with Crippen molar-refractivity contribution in [2.24, 2.45) is 0 Å². The fourth-order valence-electron chi connectivity index (χ4n) is 3.65.